The minimum atomic E-state index is -1.05. The predicted octanol–water partition coefficient (Wildman–Crippen LogP) is 2.26. The van der Waals surface area contributed by atoms with Gasteiger partial charge in [-0.1, -0.05) is 31.9 Å². The Morgan fingerprint density at radius 2 is 1.64 bits per heavy atom. The number of carbonyl (C=O) groups is 1. The van der Waals surface area contributed by atoms with E-state index in [-0.39, 0.29) is 5.56 Å². The summed E-state index contributed by atoms with van der Waals surface area (Å²) in [4.78, 5) is 11.5. The molecular formula is C14H22Br2N2O4. The molecule has 1 aromatic heterocycles. The number of halogens is 2. The molecule has 1 heterocycles. The number of nitrogens with zero attached hydrogens (tertiary/aromatic N) is 1. The van der Waals surface area contributed by atoms with Crippen molar-refractivity contribution in [3.05, 3.63) is 17.0 Å². The van der Waals surface area contributed by atoms with Crippen LogP contribution in [0.2, 0.25) is 0 Å². The highest BCUT2D eigenvalue weighted by Gasteiger charge is 2.26. The fourth-order valence-electron chi connectivity index (χ4n) is 1.95. The number of hydrogen-bond acceptors (Lipinski definition) is 4. The van der Waals surface area contributed by atoms with Crippen molar-refractivity contribution in [3.63, 3.8) is 0 Å². The maximum Gasteiger partial charge on any atom is 0.339 e. The highest BCUT2D eigenvalue weighted by Crippen LogP contribution is 2.22. The highest BCUT2D eigenvalue weighted by atomic mass is 79.9. The normalized spacial score (nSPS) is 17.0. The summed E-state index contributed by atoms with van der Waals surface area (Å²) in [6, 6.07) is 0. The van der Waals surface area contributed by atoms with Crippen LogP contribution < -0.4 is 0 Å². The molecule has 2 atom stereocenters. The van der Waals surface area contributed by atoms with E-state index in [0.717, 1.165) is 0 Å². The molecule has 0 spiro atoms. The molecule has 0 aliphatic carbocycles. The van der Waals surface area contributed by atoms with Crippen LogP contribution in [-0.4, -0.2) is 53.3 Å². The Kier molecular flexibility index (Phi) is 7.04. The highest BCUT2D eigenvalue weighted by molar-refractivity contribution is 9.09. The first kappa shape index (κ1) is 19.6. The smallest absolute Gasteiger partial charge is 0.339 e. The van der Waals surface area contributed by atoms with Gasteiger partial charge in [0.25, 0.3) is 0 Å². The summed E-state index contributed by atoms with van der Waals surface area (Å²) in [6.45, 7) is 3.37. The molecule has 0 aliphatic rings. The second-order valence-corrected chi connectivity index (χ2v) is 7.21. The van der Waals surface area contributed by atoms with Crippen molar-refractivity contribution in [3.8, 4) is 0 Å². The number of carboxylic acids is 1. The second-order valence-electron chi connectivity index (χ2n) is 6.09. The van der Waals surface area contributed by atoms with Crippen LogP contribution >= 0.6 is 31.9 Å². The van der Waals surface area contributed by atoms with Crippen LogP contribution in [0.3, 0.4) is 0 Å². The number of aromatic amines is 1. The quantitative estimate of drug-likeness (QED) is 0.440. The first-order valence-corrected chi connectivity index (χ1v) is 9.22. The first-order chi connectivity index (χ1) is 10.1. The van der Waals surface area contributed by atoms with E-state index < -0.39 is 17.2 Å². The minimum absolute atomic E-state index is 0.149. The van der Waals surface area contributed by atoms with Crippen molar-refractivity contribution in [1.82, 2.24) is 10.2 Å². The van der Waals surface area contributed by atoms with Gasteiger partial charge < -0.3 is 15.3 Å². The molecule has 22 heavy (non-hydrogen) atoms. The van der Waals surface area contributed by atoms with Crippen LogP contribution in [0.25, 0.3) is 0 Å². The van der Waals surface area contributed by atoms with Crippen LogP contribution in [0, 0.1) is 0 Å². The van der Waals surface area contributed by atoms with Crippen molar-refractivity contribution in [2.45, 2.75) is 50.7 Å². The van der Waals surface area contributed by atoms with Gasteiger partial charge in [0.2, 0.25) is 0 Å². The molecule has 1 aromatic rings. The molecule has 0 saturated heterocycles. The summed E-state index contributed by atoms with van der Waals surface area (Å²) in [7, 11) is 0. The number of nitrogens with one attached hydrogen (secondary N) is 1. The number of aliphatic hydroxyl groups is 2. The Balaban J connectivity index is 2.86. The molecule has 0 bridgehead atoms. The van der Waals surface area contributed by atoms with E-state index in [1.54, 1.807) is 13.8 Å². The molecule has 0 aromatic carbocycles. The summed E-state index contributed by atoms with van der Waals surface area (Å²) in [5.41, 5.74) is -0.727. The third-order valence-corrected chi connectivity index (χ3v) is 5.94. The van der Waals surface area contributed by atoms with Crippen molar-refractivity contribution in [2.75, 3.05) is 10.7 Å². The van der Waals surface area contributed by atoms with E-state index in [0.29, 0.717) is 47.7 Å². The minimum Gasteiger partial charge on any atom is -0.478 e. The Bertz CT molecular complexity index is 477. The number of alkyl halides is 2. The van der Waals surface area contributed by atoms with E-state index >= 15 is 0 Å². The molecule has 0 aliphatic heterocycles. The van der Waals surface area contributed by atoms with Gasteiger partial charge in [-0.05, 0) is 39.5 Å². The van der Waals surface area contributed by atoms with Crippen LogP contribution in [-0.2, 0) is 12.8 Å². The third kappa shape index (κ3) is 5.64. The lowest BCUT2D eigenvalue weighted by Gasteiger charge is -2.20. The van der Waals surface area contributed by atoms with Gasteiger partial charge in [-0.3, -0.25) is 5.10 Å². The Labute approximate surface area is 146 Å². The van der Waals surface area contributed by atoms with E-state index in [1.165, 1.54) is 0 Å². The average Bonchev–Trinajstić information content (AvgIpc) is 2.86. The molecule has 126 valence electrons. The van der Waals surface area contributed by atoms with Crippen LogP contribution in [0.1, 0.15) is 48.4 Å². The number of rotatable bonds is 9. The molecule has 0 saturated carbocycles. The van der Waals surface area contributed by atoms with E-state index in [2.05, 4.69) is 42.1 Å². The Morgan fingerprint density at radius 3 is 2.09 bits per heavy atom. The summed E-state index contributed by atoms with van der Waals surface area (Å²) < 4.78 is 0. The maximum absolute atomic E-state index is 11.5. The standard InChI is InChI=1S/C14H22Br2N2O4/c1-13(21,7-15)5-3-9-11(12(19)20)10(18-17-9)4-6-14(2,22)8-16/h21-22H,3-8H2,1-2H3,(H,17,18)(H,19,20). The summed E-state index contributed by atoms with van der Waals surface area (Å²) in [5.74, 6) is -1.05. The molecule has 0 radical (unpaired) electrons. The lowest BCUT2D eigenvalue weighted by atomic mass is 9.96. The fraction of sp³-hybridized carbons (Fsp3) is 0.714. The lowest BCUT2D eigenvalue weighted by Crippen LogP contribution is -2.27. The van der Waals surface area contributed by atoms with Crippen LogP contribution in [0.4, 0.5) is 0 Å². The molecule has 6 nitrogen and oxygen atoms in total. The predicted molar refractivity (Wildman–Crippen MR) is 91.0 cm³/mol. The summed E-state index contributed by atoms with van der Waals surface area (Å²) >= 11 is 6.45. The molecule has 0 amide bonds. The van der Waals surface area contributed by atoms with Crippen molar-refractivity contribution >= 4 is 37.8 Å². The van der Waals surface area contributed by atoms with Gasteiger partial charge in [0.15, 0.2) is 0 Å². The number of aromatic carboxylic acids is 1. The maximum atomic E-state index is 11.5. The molecule has 2 unspecified atom stereocenters. The SMILES string of the molecule is CC(O)(CBr)CCc1n[nH]c(CCC(C)(O)CBr)c1C(=O)O. The number of aryl methyl sites for hydroxylation is 2. The lowest BCUT2D eigenvalue weighted by molar-refractivity contribution is 0.0676. The second kappa shape index (κ2) is 7.90. The van der Waals surface area contributed by atoms with Gasteiger partial charge in [0, 0.05) is 10.7 Å². The molecular weight excluding hydrogens is 420 g/mol. The zero-order valence-corrected chi connectivity index (χ0v) is 15.9. The van der Waals surface area contributed by atoms with Gasteiger partial charge in [-0.2, -0.15) is 5.10 Å². The van der Waals surface area contributed by atoms with Gasteiger partial charge in [-0.25, -0.2) is 4.79 Å². The summed E-state index contributed by atoms with van der Waals surface area (Å²) in [5, 5.41) is 37.0. The van der Waals surface area contributed by atoms with Crippen molar-refractivity contribution in [1.29, 1.82) is 0 Å². The largest absolute Gasteiger partial charge is 0.478 e. The topological polar surface area (TPSA) is 106 Å². The number of carboxylic acid groups (broad SMARTS) is 1. The van der Waals surface area contributed by atoms with E-state index in [1.807, 2.05) is 0 Å². The zero-order valence-electron chi connectivity index (χ0n) is 12.7. The fourth-order valence-corrected chi connectivity index (χ4v) is 2.51. The monoisotopic (exact) mass is 440 g/mol. The van der Waals surface area contributed by atoms with Crippen LogP contribution in [0.15, 0.2) is 0 Å². The van der Waals surface area contributed by atoms with Gasteiger partial charge in [-0.15, -0.1) is 0 Å². The average molecular weight is 442 g/mol. The molecule has 1 rings (SSSR count). The Morgan fingerprint density at radius 1 is 1.14 bits per heavy atom. The third-order valence-electron chi connectivity index (χ3n) is 3.52. The summed E-state index contributed by atoms with van der Waals surface area (Å²) in [6.07, 6.45) is 1.58. The number of hydrogen-bond donors (Lipinski definition) is 4. The van der Waals surface area contributed by atoms with E-state index in [4.69, 9.17) is 0 Å². The number of aromatic nitrogens is 2. The van der Waals surface area contributed by atoms with Gasteiger partial charge in [0.05, 0.1) is 22.6 Å². The first-order valence-electron chi connectivity index (χ1n) is 6.98. The Hall–Kier alpha value is -0.440. The molecule has 0 fully saturated rings. The van der Waals surface area contributed by atoms with Gasteiger partial charge >= 0.3 is 5.97 Å². The van der Waals surface area contributed by atoms with Crippen molar-refractivity contribution < 1.29 is 20.1 Å². The molecule has 8 heteroatoms. The van der Waals surface area contributed by atoms with Crippen LogP contribution in [0.5, 0.6) is 0 Å². The zero-order chi connectivity index (χ0) is 17.0. The van der Waals surface area contributed by atoms with E-state index in [9.17, 15) is 20.1 Å². The number of H-pyrrole nitrogens is 1. The van der Waals surface area contributed by atoms with Crippen molar-refractivity contribution in [2.24, 2.45) is 0 Å². The van der Waals surface area contributed by atoms with Gasteiger partial charge in [0.1, 0.15) is 5.56 Å². The molecule has 4 N–H and O–H groups in total.